The van der Waals surface area contributed by atoms with Crippen LogP contribution < -0.4 is 10.3 Å². The minimum absolute atomic E-state index is 0. The van der Waals surface area contributed by atoms with E-state index >= 15 is 0 Å². The van der Waals surface area contributed by atoms with Gasteiger partial charge in [0.1, 0.15) is 16.3 Å². The Morgan fingerprint density at radius 2 is 2.04 bits per heavy atom. The molecule has 0 spiro atoms. The molecule has 3 heterocycles. The second-order valence-corrected chi connectivity index (χ2v) is 7.10. The number of rotatable bonds is 4. The second-order valence-electron chi connectivity index (χ2n) is 6.19. The third-order valence-electron chi connectivity index (χ3n) is 4.60. The van der Waals surface area contributed by atoms with Crippen molar-refractivity contribution < 1.29 is 4.74 Å². The van der Waals surface area contributed by atoms with Crippen molar-refractivity contribution in [3.05, 3.63) is 57.5 Å². The van der Waals surface area contributed by atoms with Gasteiger partial charge in [-0.1, -0.05) is 18.2 Å². The SMILES string of the molecule is CCOc1ccccc1CN1CCc2nc3ccsc3c(=O)n2CC1.Cl. The lowest BCUT2D eigenvalue weighted by Crippen LogP contribution is -2.28. The highest BCUT2D eigenvalue weighted by atomic mass is 35.5. The highest BCUT2D eigenvalue weighted by Gasteiger charge is 2.19. The van der Waals surface area contributed by atoms with Crippen molar-refractivity contribution in [2.75, 3.05) is 19.7 Å². The monoisotopic (exact) mass is 391 g/mol. The van der Waals surface area contributed by atoms with Gasteiger partial charge in [0.15, 0.2) is 0 Å². The number of para-hydroxylation sites is 1. The molecule has 1 aromatic carbocycles. The van der Waals surface area contributed by atoms with Crippen LogP contribution >= 0.6 is 23.7 Å². The zero-order valence-electron chi connectivity index (χ0n) is 14.7. The Labute approximate surface area is 162 Å². The Kier molecular flexibility index (Phi) is 5.96. The van der Waals surface area contributed by atoms with Crippen molar-refractivity contribution >= 4 is 34.0 Å². The summed E-state index contributed by atoms with van der Waals surface area (Å²) >= 11 is 1.48. The number of aromatic nitrogens is 2. The standard InChI is InChI=1S/C19H21N3O2S.ClH/c1-2-24-16-6-4-3-5-14(16)13-21-9-7-17-20-15-8-12-25-18(15)19(23)22(17)11-10-21;/h3-6,8,12H,2,7,9-11,13H2,1H3;1H. The van der Waals surface area contributed by atoms with Crippen molar-refractivity contribution in [2.45, 2.75) is 26.4 Å². The fourth-order valence-electron chi connectivity index (χ4n) is 3.35. The molecule has 0 bridgehead atoms. The average Bonchev–Trinajstić information content (AvgIpc) is 3.00. The molecule has 7 heteroatoms. The fourth-order valence-corrected chi connectivity index (χ4v) is 4.13. The first-order valence-corrected chi connectivity index (χ1v) is 9.54. The van der Waals surface area contributed by atoms with Gasteiger partial charge in [-0.05, 0) is 24.4 Å². The molecule has 0 aliphatic carbocycles. The van der Waals surface area contributed by atoms with Gasteiger partial charge in [0, 0.05) is 38.2 Å². The van der Waals surface area contributed by atoms with Crippen LogP contribution in [0.25, 0.3) is 10.2 Å². The molecule has 5 nitrogen and oxygen atoms in total. The lowest BCUT2D eigenvalue weighted by Gasteiger charge is -2.21. The molecule has 2 aromatic heterocycles. The van der Waals surface area contributed by atoms with Crippen LogP contribution in [0.4, 0.5) is 0 Å². The van der Waals surface area contributed by atoms with Crippen LogP contribution in [0.5, 0.6) is 5.75 Å². The smallest absolute Gasteiger partial charge is 0.271 e. The van der Waals surface area contributed by atoms with E-state index in [1.54, 1.807) is 0 Å². The summed E-state index contributed by atoms with van der Waals surface area (Å²) in [6, 6.07) is 10.1. The molecule has 0 amide bonds. The lowest BCUT2D eigenvalue weighted by molar-refractivity contribution is 0.262. The van der Waals surface area contributed by atoms with Gasteiger partial charge in [-0.25, -0.2) is 4.98 Å². The van der Waals surface area contributed by atoms with E-state index in [9.17, 15) is 4.79 Å². The van der Waals surface area contributed by atoms with Crippen LogP contribution in [-0.4, -0.2) is 34.1 Å². The summed E-state index contributed by atoms with van der Waals surface area (Å²) in [6.45, 7) is 5.91. The Hall–Kier alpha value is -1.89. The van der Waals surface area contributed by atoms with Crippen LogP contribution in [-0.2, 0) is 19.5 Å². The van der Waals surface area contributed by atoms with Crippen LogP contribution in [0.15, 0.2) is 40.5 Å². The molecule has 26 heavy (non-hydrogen) atoms. The van der Waals surface area contributed by atoms with Gasteiger partial charge in [-0.2, -0.15) is 0 Å². The quantitative estimate of drug-likeness (QED) is 0.684. The molecule has 1 aliphatic heterocycles. The molecule has 0 saturated carbocycles. The van der Waals surface area contributed by atoms with Crippen molar-refractivity contribution in [1.29, 1.82) is 0 Å². The van der Waals surface area contributed by atoms with E-state index in [2.05, 4.69) is 11.0 Å². The highest BCUT2D eigenvalue weighted by Crippen LogP contribution is 2.21. The number of halogens is 1. The van der Waals surface area contributed by atoms with Crippen LogP contribution in [0.1, 0.15) is 18.3 Å². The Morgan fingerprint density at radius 3 is 2.88 bits per heavy atom. The number of thiophene rings is 1. The highest BCUT2D eigenvalue weighted by molar-refractivity contribution is 7.17. The summed E-state index contributed by atoms with van der Waals surface area (Å²) in [5, 5.41) is 1.94. The number of fused-ring (bicyclic) bond motifs is 2. The summed E-state index contributed by atoms with van der Waals surface area (Å²) in [4.78, 5) is 19.8. The molecule has 0 fully saturated rings. The minimum Gasteiger partial charge on any atom is -0.494 e. The minimum atomic E-state index is 0. The lowest BCUT2D eigenvalue weighted by atomic mass is 10.2. The van der Waals surface area contributed by atoms with E-state index in [-0.39, 0.29) is 18.0 Å². The van der Waals surface area contributed by atoms with E-state index in [1.807, 2.05) is 41.1 Å². The van der Waals surface area contributed by atoms with E-state index in [0.29, 0.717) is 13.2 Å². The van der Waals surface area contributed by atoms with Crippen molar-refractivity contribution in [3.63, 3.8) is 0 Å². The first kappa shape index (κ1) is 18.9. The number of hydrogen-bond donors (Lipinski definition) is 0. The summed E-state index contributed by atoms with van der Waals surface area (Å²) in [7, 11) is 0. The van der Waals surface area contributed by atoms with Gasteiger partial charge in [0.2, 0.25) is 0 Å². The summed E-state index contributed by atoms with van der Waals surface area (Å²) in [5.41, 5.74) is 2.12. The predicted molar refractivity (Wildman–Crippen MR) is 108 cm³/mol. The van der Waals surface area contributed by atoms with Gasteiger partial charge in [0.05, 0.1) is 12.1 Å². The topological polar surface area (TPSA) is 47.4 Å². The summed E-state index contributed by atoms with van der Waals surface area (Å²) < 4.78 is 8.36. The molecule has 0 N–H and O–H groups in total. The van der Waals surface area contributed by atoms with E-state index in [0.717, 1.165) is 47.8 Å². The molecule has 0 unspecified atom stereocenters. The zero-order valence-corrected chi connectivity index (χ0v) is 16.3. The molecular weight excluding hydrogens is 370 g/mol. The summed E-state index contributed by atoms with van der Waals surface area (Å²) in [6.07, 6.45) is 0.790. The van der Waals surface area contributed by atoms with E-state index in [1.165, 1.54) is 16.9 Å². The van der Waals surface area contributed by atoms with Crippen LogP contribution in [0.3, 0.4) is 0 Å². The number of ether oxygens (including phenoxy) is 1. The predicted octanol–water partition coefficient (Wildman–Crippen LogP) is 3.34. The van der Waals surface area contributed by atoms with E-state index < -0.39 is 0 Å². The molecule has 138 valence electrons. The maximum absolute atomic E-state index is 12.7. The molecule has 0 radical (unpaired) electrons. The van der Waals surface area contributed by atoms with Crippen LogP contribution in [0, 0.1) is 0 Å². The van der Waals surface area contributed by atoms with Crippen molar-refractivity contribution in [2.24, 2.45) is 0 Å². The first-order chi connectivity index (χ1) is 12.3. The van der Waals surface area contributed by atoms with Gasteiger partial charge in [-0.15, -0.1) is 23.7 Å². The Balaban J connectivity index is 0.00000196. The molecule has 3 aromatic rings. The third kappa shape index (κ3) is 3.63. The van der Waals surface area contributed by atoms with Gasteiger partial charge >= 0.3 is 0 Å². The Morgan fingerprint density at radius 1 is 1.19 bits per heavy atom. The fraction of sp³-hybridized carbons (Fsp3) is 0.368. The molecule has 1 aliphatic rings. The maximum Gasteiger partial charge on any atom is 0.271 e. The van der Waals surface area contributed by atoms with Gasteiger partial charge in [-0.3, -0.25) is 14.3 Å². The van der Waals surface area contributed by atoms with E-state index in [4.69, 9.17) is 9.72 Å². The largest absolute Gasteiger partial charge is 0.494 e. The van der Waals surface area contributed by atoms with Gasteiger partial charge in [0.25, 0.3) is 5.56 Å². The molecule has 4 rings (SSSR count). The third-order valence-corrected chi connectivity index (χ3v) is 5.49. The molecule has 0 saturated heterocycles. The number of nitrogens with zero attached hydrogens (tertiary/aromatic N) is 3. The number of benzene rings is 1. The summed E-state index contributed by atoms with van der Waals surface area (Å²) in [5.74, 6) is 1.85. The van der Waals surface area contributed by atoms with Crippen LogP contribution in [0.2, 0.25) is 0 Å². The van der Waals surface area contributed by atoms with Crippen molar-refractivity contribution in [3.8, 4) is 5.75 Å². The first-order valence-electron chi connectivity index (χ1n) is 8.66. The molecule has 0 atom stereocenters. The Bertz CT molecular complexity index is 953. The normalized spacial score (nSPS) is 14.5. The number of hydrogen-bond acceptors (Lipinski definition) is 5. The van der Waals surface area contributed by atoms with Gasteiger partial charge < -0.3 is 4.74 Å². The van der Waals surface area contributed by atoms with Crippen molar-refractivity contribution in [1.82, 2.24) is 14.5 Å². The second kappa shape index (κ2) is 8.20. The average molecular weight is 392 g/mol. The zero-order chi connectivity index (χ0) is 17.2. The maximum atomic E-state index is 12.7. The molecular formula is C19H22ClN3O2S.